The van der Waals surface area contributed by atoms with Crippen molar-refractivity contribution >= 4 is 17.6 Å². The number of nitrogens with one attached hydrogen (secondary N) is 1. The van der Waals surface area contributed by atoms with Gasteiger partial charge in [-0.3, -0.25) is 4.98 Å². The first-order valence-corrected chi connectivity index (χ1v) is 7.73. The van der Waals surface area contributed by atoms with Gasteiger partial charge in [0.15, 0.2) is 0 Å². The van der Waals surface area contributed by atoms with Crippen LogP contribution in [0.4, 0.5) is 0 Å². The Morgan fingerprint density at radius 2 is 2.08 bits per heavy atom. The van der Waals surface area contributed by atoms with Gasteiger partial charge in [-0.05, 0) is 42.0 Å². The van der Waals surface area contributed by atoms with Gasteiger partial charge in [0.25, 0.3) is 0 Å². The lowest BCUT2D eigenvalue weighted by Gasteiger charge is -2.04. The molecule has 0 spiro atoms. The minimum atomic E-state index is -1.00. The van der Waals surface area contributed by atoms with E-state index in [2.05, 4.69) is 10.3 Å². The smallest absolute Gasteiger partial charge is 0.335 e. The maximum Gasteiger partial charge on any atom is 0.335 e. The minimum absolute atomic E-state index is 0.169. The summed E-state index contributed by atoms with van der Waals surface area (Å²) >= 11 is 6.15. The van der Waals surface area contributed by atoms with Crippen molar-refractivity contribution in [1.82, 2.24) is 10.3 Å². The van der Waals surface area contributed by atoms with Crippen LogP contribution < -0.4 is 5.32 Å². The number of aromatic nitrogens is 1. The number of halogens is 1. The third kappa shape index (κ3) is 3.82. The van der Waals surface area contributed by atoms with E-state index in [-0.39, 0.29) is 5.56 Å². The van der Waals surface area contributed by atoms with E-state index in [0.717, 1.165) is 11.3 Å². The average molecular weight is 343 g/mol. The van der Waals surface area contributed by atoms with Crippen molar-refractivity contribution in [2.75, 3.05) is 0 Å². The molecule has 24 heavy (non-hydrogen) atoms. The Morgan fingerprint density at radius 3 is 2.83 bits per heavy atom. The molecular weight excluding hydrogens is 328 g/mol. The molecule has 2 aromatic heterocycles. The van der Waals surface area contributed by atoms with Crippen molar-refractivity contribution in [3.63, 3.8) is 0 Å². The number of carboxylic acid groups (broad SMARTS) is 1. The lowest BCUT2D eigenvalue weighted by atomic mass is 10.1. The molecule has 3 aromatic rings. The van der Waals surface area contributed by atoms with E-state index in [1.807, 2.05) is 18.2 Å². The highest BCUT2D eigenvalue weighted by Crippen LogP contribution is 2.30. The zero-order valence-corrected chi connectivity index (χ0v) is 13.5. The number of hydrogen-bond donors (Lipinski definition) is 2. The molecule has 0 unspecified atom stereocenters. The van der Waals surface area contributed by atoms with Crippen molar-refractivity contribution in [3.8, 4) is 11.3 Å². The number of hydrogen-bond acceptors (Lipinski definition) is 4. The summed E-state index contributed by atoms with van der Waals surface area (Å²) in [5, 5.41) is 12.8. The number of carbonyl (C=O) groups is 1. The number of rotatable bonds is 6. The zero-order valence-electron chi connectivity index (χ0n) is 12.7. The highest BCUT2D eigenvalue weighted by molar-refractivity contribution is 6.33. The maximum atomic E-state index is 11.1. The molecule has 0 radical (unpaired) electrons. The Bertz CT molecular complexity index is 846. The first kappa shape index (κ1) is 16.2. The Hall–Kier alpha value is -2.63. The standard InChI is InChI=1S/C18H15ClN2O3/c19-16-5-3-13(18(22)23)8-15(16)17-6-4-14(24-17)11-21-10-12-2-1-7-20-9-12/h1-9,21H,10-11H2,(H,22,23). The summed E-state index contributed by atoms with van der Waals surface area (Å²) in [5.41, 5.74) is 1.82. The number of benzene rings is 1. The van der Waals surface area contributed by atoms with Crippen LogP contribution >= 0.6 is 11.6 Å². The molecule has 0 atom stereocenters. The van der Waals surface area contributed by atoms with Crippen LogP contribution in [0.15, 0.2) is 59.3 Å². The Kier molecular flexibility index (Phi) is 4.93. The molecule has 3 rings (SSSR count). The first-order valence-electron chi connectivity index (χ1n) is 7.35. The molecule has 0 fully saturated rings. The van der Waals surface area contributed by atoms with Crippen LogP contribution in [-0.4, -0.2) is 16.1 Å². The number of aromatic carboxylic acids is 1. The van der Waals surface area contributed by atoms with E-state index >= 15 is 0 Å². The third-order valence-corrected chi connectivity index (χ3v) is 3.82. The van der Waals surface area contributed by atoms with Crippen LogP contribution in [0.3, 0.4) is 0 Å². The summed E-state index contributed by atoms with van der Waals surface area (Å²) in [4.78, 5) is 15.1. The van der Waals surface area contributed by atoms with Gasteiger partial charge in [-0.2, -0.15) is 0 Å². The predicted octanol–water partition coefficient (Wildman–Crippen LogP) is 3.98. The summed E-state index contributed by atoms with van der Waals surface area (Å²) in [7, 11) is 0. The second-order valence-electron chi connectivity index (χ2n) is 5.23. The summed E-state index contributed by atoms with van der Waals surface area (Å²) < 4.78 is 5.77. The zero-order chi connectivity index (χ0) is 16.9. The van der Waals surface area contributed by atoms with E-state index < -0.39 is 5.97 Å². The summed E-state index contributed by atoms with van der Waals surface area (Å²) in [6, 6.07) is 12.0. The Balaban J connectivity index is 1.69. The van der Waals surface area contributed by atoms with Crippen LogP contribution in [0.1, 0.15) is 21.7 Å². The molecule has 0 amide bonds. The van der Waals surface area contributed by atoms with Gasteiger partial charge in [-0.25, -0.2) is 4.79 Å². The highest BCUT2D eigenvalue weighted by Gasteiger charge is 2.12. The van der Waals surface area contributed by atoms with Crippen LogP contribution in [0.25, 0.3) is 11.3 Å². The van der Waals surface area contributed by atoms with Crippen LogP contribution in [0.2, 0.25) is 5.02 Å². The van der Waals surface area contributed by atoms with Gasteiger partial charge in [0.05, 0.1) is 17.1 Å². The van der Waals surface area contributed by atoms with Gasteiger partial charge in [-0.1, -0.05) is 17.7 Å². The molecule has 122 valence electrons. The van der Waals surface area contributed by atoms with Crippen molar-refractivity contribution < 1.29 is 14.3 Å². The highest BCUT2D eigenvalue weighted by atomic mass is 35.5. The van der Waals surface area contributed by atoms with Gasteiger partial charge in [0.2, 0.25) is 0 Å². The van der Waals surface area contributed by atoms with E-state index in [0.29, 0.717) is 29.4 Å². The predicted molar refractivity (Wildman–Crippen MR) is 90.9 cm³/mol. The van der Waals surface area contributed by atoms with Crippen molar-refractivity contribution in [2.45, 2.75) is 13.1 Å². The van der Waals surface area contributed by atoms with Gasteiger partial charge >= 0.3 is 5.97 Å². The minimum Gasteiger partial charge on any atom is -0.478 e. The normalized spacial score (nSPS) is 10.7. The molecule has 2 N–H and O–H groups in total. The van der Waals surface area contributed by atoms with Gasteiger partial charge in [0.1, 0.15) is 11.5 Å². The molecule has 5 nitrogen and oxygen atoms in total. The number of pyridine rings is 1. The molecule has 1 aromatic carbocycles. The molecule has 0 bridgehead atoms. The van der Waals surface area contributed by atoms with Gasteiger partial charge in [0, 0.05) is 24.5 Å². The Labute approximate surface area is 143 Å². The number of nitrogens with zero attached hydrogens (tertiary/aromatic N) is 1. The SMILES string of the molecule is O=C(O)c1ccc(Cl)c(-c2ccc(CNCc3cccnc3)o2)c1. The average Bonchev–Trinajstić information content (AvgIpc) is 3.04. The largest absolute Gasteiger partial charge is 0.478 e. The van der Waals surface area contributed by atoms with Crippen LogP contribution in [0, 0.1) is 0 Å². The van der Waals surface area contributed by atoms with E-state index in [1.54, 1.807) is 24.5 Å². The molecule has 2 heterocycles. The van der Waals surface area contributed by atoms with Crippen molar-refractivity contribution in [3.05, 3.63) is 76.8 Å². The lowest BCUT2D eigenvalue weighted by molar-refractivity contribution is 0.0697. The number of carboxylic acids is 1. The lowest BCUT2D eigenvalue weighted by Crippen LogP contribution is -2.12. The van der Waals surface area contributed by atoms with E-state index in [1.165, 1.54) is 12.1 Å². The van der Waals surface area contributed by atoms with Crippen LogP contribution in [0.5, 0.6) is 0 Å². The molecule has 0 aliphatic heterocycles. The number of furan rings is 1. The molecular formula is C18H15ClN2O3. The monoisotopic (exact) mass is 342 g/mol. The maximum absolute atomic E-state index is 11.1. The molecule has 0 aliphatic carbocycles. The summed E-state index contributed by atoms with van der Waals surface area (Å²) in [6.45, 7) is 1.23. The summed E-state index contributed by atoms with van der Waals surface area (Å²) in [6.07, 6.45) is 3.54. The second-order valence-corrected chi connectivity index (χ2v) is 5.64. The van der Waals surface area contributed by atoms with Crippen molar-refractivity contribution in [1.29, 1.82) is 0 Å². The van der Waals surface area contributed by atoms with Crippen LogP contribution in [-0.2, 0) is 13.1 Å². The topological polar surface area (TPSA) is 75.4 Å². The molecule has 0 aliphatic rings. The van der Waals surface area contributed by atoms with Gasteiger partial charge in [-0.15, -0.1) is 0 Å². The molecule has 0 saturated heterocycles. The third-order valence-electron chi connectivity index (χ3n) is 3.49. The van der Waals surface area contributed by atoms with Crippen molar-refractivity contribution in [2.24, 2.45) is 0 Å². The fraction of sp³-hybridized carbons (Fsp3) is 0.111. The quantitative estimate of drug-likeness (QED) is 0.708. The molecule has 6 heteroatoms. The summed E-state index contributed by atoms with van der Waals surface area (Å²) in [5.74, 6) is 0.282. The fourth-order valence-corrected chi connectivity index (χ4v) is 2.51. The van der Waals surface area contributed by atoms with Gasteiger partial charge < -0.3 is 14.8 Å². The first-order chi connectivity index (χ1) is 11.6. The molecule has 0 saturated carbocycles. The fourth-order valence-electron chi connectivity index (χ4n) is 2.30. The second kappa shape index (κ2) is 7.29. The Morgan fingerprint density at radius 1 is 1.21 bits per heavy atom. The van der Waals surface area contributed by atoms with E-state index in [9.17, 15) is 4.79 Å². The van der Waals surface area contributed by atoms with E-state index in [4.69, 9.17) is 21.1 Å².